The van der Waals surface area contributed by atoms with Gasteiger partial charge in [0.05, 0.1) is 19.3 Å². The first-order chi connectivity index (χ1) is 11.7. The molecule has 144 valence electrons. The van der Waals surface area contributed by atoms with E-state index in [9.17, 15) is 0 Å². The molecular formula is C19H41N3O2. The van der Waals surface area contributed by atoms with Crippen LogP contribution in [0.2, 0.25) is 0 Å². The van der Waals surface area contributed by atoms with E-state index >= 15 is 0 Å². The topological polar surface area (TPSA) is 28.2 Å². The molecule has 24 heavy (non-hydrogen) atoms. The predicted octanol–water partition coefficient (Wildman–Crippen LogP) is 2.17. The third-order valence-corrected chi connectivity index (χ3v) is 4.95. The highest BCUT2D eigenvalue weighted by molar-refractivity contribution is 4.83. The maximum Gasteiger partial charge on any atom is 0.0596 e. The van der Waals surface area contributed by atoms with Gasteiger partial charge in [-0.05, 0) is 39.8 Å². The number of hydrogen-bond donors (Lipinski definition) is 0. The summed E-state index contributed by atoms with van der Waals surface area (Å²) in [5.41, 5.74) is 0. The summed E-state index contributed by atoms with van der Waals surface area (Å²) in [6.45, 7) is 19.4. The molecule has 0 amide bonds. The number of rotatable bonds is 8. The van der Waals surface area contributed by atoms with Gasteiger partial charge in [-0.25, -0.2) is 0 Å². The maximum atomic E-state index is 5.66. The Balaban J connectivity index is 0.00000139. The van der Waals surface area contributed by atoms with Crippen LogP contribution in [0.4, 0.5) is 0 Å². The van der Waals surface area contributed by atoms with Crippen LogP contribution in [0, 0.1) is 0 Å². The summed E-state index contributed by atoms with van der Waals surface area (Å²) in [5.74, 6) is 0. The zero-order chi connectivity index (χ0) is 17.8. The maximum absolute atomic E-state index is 5.66. The first-order valence-corrected chi connectivity index (χ1v) is 9.98. The molecule has 0 N–H and O–H groups in total. The lowest BCUT2D eigenvalue weighted by Gasteiger charge is -2.42. The molecule has 5 nitrogen and oxygen atoms in total. The molecule has 0 aromatic rings. The van der Waals surface area contributed by atoms with Gasteiger partial charge < -0.3 is 14.4 Å². The fraction of sp³-hybridized carbons (Fsp3) is 1.00. The first kappa shape index (κ1) is 21.8. The van der Waals surface area contributed by atoms with Crippen molar-refractivity contribution in [3.8, 4) is 0 Å². The molecule has 0 unspecified atom stereocenters. The SMILES string of the molecule is CC.COCCN1CCC(N2CCN(CCOC(C)C)CC2)CC1. The Labute approximate surface area is 150 Å². The largest absolute Gasteiger partial charge is 0.383 e. The number of likely N-dealkylation sites (tertiary alicyclic amines) is 1. The molecule has 0 bridgehead atoms. The van der Waals surface area contributed by atoms with Crippen molar-refractivity contribution in [2.45, 2.75) is 52.7 Å². The summed E-state index contributed by atoms with van der Waals surface area (Å²) < 4.78 is 10.8. The molecular weight excluding hydrogens is 302 g/mol. The Morgan fingerprint density at radius 3 is 1.92 bits per heavy atom. The Bertz CT molecular complexity index is 286. The van der Waals surface area contributed by atoms with Gasteiger partial charge in [0.15, 0.2) is 0 Å². The molecule has 2 aliphatic rings. The normalized spacial score (nSPS) is 21.8. The van der Waals surface area contributed by atoms with E-state index < -0.39 is 0 Å². The Morgan fingerprint density at radius 2 is 1.38 bits per heavy atom. The van der Waals surface area contributed by atoms with Crippen molar-refractivity contribution >= 4 is 0 Å². The molecule has 2 rings (SSSR count). The zero-order valence-corrected chi connectivity index (χ0v) is 16.8. The highest BCUT2D eigenvalue weighted by Crippen LogP contribution is 2.18. The average Bonchev–Trinajstić information content (AvgIpc) is 2.62. The van der Waals surface area contributed by atoms with Gasteiger partial charge in [-0.1, -0.05) is 13.8 Å². The Kier molecular flexibility index (Phi) is 11.9. The lowest BCUT2D eigenvalue weighted by atomic mass is 10.0. The van der Waals surface area contributed by atoms with Crippen molar-refractivity contribution in [2.75, 3.05) is 72.7 Å². The number of hydrogen-bond acceptors (Lipinski definition) is 5. The van der Waals surface area contributed by atoms with Crippen LogP contribution < -0.4 is 0 Å². The van der Waals surface area contributed by atoms with E-state index in [-0.39, 0.29) is 0 Å². The van der Waals surface area contributed by atoms with E-state index in [1.54, 1.807) is 7.11 Å². The van der Waals surface area contributed by atoms with Crippen molar-refractivity contribution in [3.63, 3.8) is 0 Å². The average molecular weight is 344 g/mol. The van der Waals surface area contributed by atoms with Crippen molar-refractivity contribution in [2.24, 2.45) is 0 Å². The molecule has 0 saturated carbocycles. The fourth-order valence-electron chi connectivity index (χ4n) is 3.50. The van der Waals surface area contributed by atoms with Gasteiger partial charge in [0.2, 0.25) is 0 Å². The van der Waals surface area contributed by atoms with Gasteiger partial charge in [-0.3, -0.25) is 9.80 Å². The van der Waals surface area contributed by atoms with E-state index in [0.717, 1.165) is 32.3 Å². The van der Waals surface area contributed by atoms with Gasteiger partial charge in [-0.15, -0.1) is 0 Å². The molecule has 0 atom stereocenters. The Hall–Kier alpha value is -0.200. The highest BCUT2D eigenvalue weighted by atomic mass is 16.5. The lowest BCUT2D eigenvalue weighted by Crippen LogP contribution is -2.53. The standard InChI is InChI=1S/C17H35N3O2.C2H6/c1-16(2)22-15-13-19-8-10-20(11-9-19)17-4-6-18(7-5-17)12-14-21-3;1-2/h16-17H,4-15H2,1-3H3;1-2H3. The molecule has 2 saturated heterocycles. The predicted molar refractivity (Wildman–Crippen MR) is 102 cm³/mol. The summed E-state index contributed by atoms with van der Waals surface area (Å²) in [5, 5.41) is 0. The summed E-state index contributed by atoms with van der Waals surface area (Å²) >= 11 is 0. The molecule has 2 heterocycles. The van der Waals surface area contributed by atoms with Crippen molar-refractivity contribution in [1.82, 2.24) is 14.7 Å². The second kappa shape index (κ2) is 13.1. The molecule has 5 heteroatoms. The van der Waals surface area contributed by atoms with Crippen molar-refractivity contribution in [3.05, 3.63) is 0 Å². The molecule has 0 aromatic heterocycles. The van der Waals surface area contributed by atoms with Crippen LogP contribution >= 0.6 is 0 Å². The van der Waals surface area contributed by atoms with Crippen molar-refractivity contribution in [1.29, 1.82) is 0 Å². The van der Waals surface area contributed by atoms with Gasteiger partial charge in [0.1, 0.15) is 0 Å². The van der Waals surface area contributed by atoms with Crippen LogP contribution in [0.5, 0.6) is 0 Å². The molecule has 0 aliphatic carbocycles. The quantitative estimate of drug-likeness (QED) is 0.673. The summed E-state index contributed by atoms with van der Waals surface area (Å²) in [7, 11) is 1.79. The van der Waals surface area contributed by atoms with E-state index in [1.807, 2.05) is 13.8 Å². The highest BCUT2D eigenvalue weighted by Gasteiger charge is 2.27. The van der Waals surface area contributed by atoms with E-state index in [1.165, 1.54) is 52.1 Å². The van der Waals surface area contributed by atoms with Gasteiger partial charge in [0, 0.05) is 52.4 Å². The number of methoxy groups -OCH3 is 1. The number of ether oxygens (including phenoxy) is 2. The first-order valence-electron chi connectivity index (χ1n) is 9.98. The van der Waals surface area contributed by atoms with Gasteiger partial charge in [-0.2, -0.15) is 0 Å². The van der Waals surface area contributed by atoms with Gasteiger partial charge in [0.25, 0.3) is 0 Å². The van der Waals surface area contributed by atoms with Crippen LogP contribution in [-0.4, -0.2) is 99.5 Å². The number of nitrogens with zero attached hydrogens (tertiary/aromatic N) is 3. The minimum atomic E-state index is 0.351. The third-order valence-electron chi connectivity index (χ3n) is 4.95. The van der Waals surface area contributed by atoms with Crippen LogP contribution in [0.15, 0.2) is 0 Å². The second-order valence-electron chi connectivity index (χ2n) is 6.86. The minimum absolute atomic E-state index is 0.351. The monoisotopic (exact) mass is 343 g/mol. The lowest BCUT2D eigenvalue weighted by molar-refractivity contribution is 0.0257. The van der Waals surface area contributed by atoms with E-state index in [4.69, 9.17) is 9.47 Å². The third kappa shape index (κ3) is 8.26. The van der Waals surface area contributed by atoms with Crippen molar-refractivity contribution < 1.29 is 9.47 Å². The molecule has 0 aromatic carbocycles. The summed E-state index contributed by atoms with van der Waals surface area (Å²) in [4.78, 5) is 7.81. The van der Waals surface area contributed by atoms with Crippen LogP contribution in [0.3, 0.4) is 0 Å². The molecule has 0 spiro atoms. The van der Waals surface area contributed by atoms with Gasteiger partial charge >= 0.3 is 0 Å². The van der Waals surface area contributed by atoms with Crippen LogP contribution in [0.25, 0.3) is 0 Å². The molecule has 2 fully saturated rings. The van der Waals surface area contributed by atoms with E-state index in [0.29, 0.717) is 6.10 Å². The molecule has 0 radical (unpaired) electrons. The second-order valence-corrected chi connectivity index (χ2v) is 6.86. The summed E-state index contributed by atoms with van der Waals surface area (Å²) in [6, 6.07) is 0.799. The van der Waals surface area contributed by atoms with E-state index in [2.05, 4.69) is 28.5 Å². The summed E-state index contributed by atoms with van der Waals surface area (Å²) in [6.07, 6.45) is 2.99. The molecule has 2 aliphatic heterocycles. The fourth-order valence-corrected chi connectivity index (χ4v) is 3.50. The smallest absolute Gasteiger partial charge is 0.0596 e. The minimum Gasteiger partial charge on any atom is -0.383 e. The number of piperidine rings is 1. The Morgan fingerprint density at radius 1 is 0.833 bits per heavy atom. The van der Waals surface area contributed by atoms with Crippen LogP contribution in [0.1, 0.15) is 40.5 Å². The number of piperazine rings is 1. The van der Waals surface area contributed by atoms with Crippen LogP contribution in [-0.2, 0) is 9.47 Å². The zero-order valence-electron chi connectivity index (χ0n) is 16.8.